The number of amides is 1. The zero-order chi connectivity index (χ0) is 16.9. The molecule has 1 aliphatic heterocycles. The Bertz CT molecular complexity index is 681. The highest BCUT2D eigenvalue weighted by molar-refractivity contribution is 9.11. The molecule has 6 heteroatoms. The number of carbonyl (C=O) groups excluding carboxylic acids is 1. The number of rotatable bonds is 6. The van der Waals surface area contributed by atoms with Gasteiger partial charge < -0.3 is 10.1 Å². The molecule has 0 aliphatic carbocycles. The lowest BCUT2D eigenvalue weighted by atomic mass is 10.1. The molecule has 1 amide bonds. The van der Waals surface area contributed by atoms with Crippen molar-refractivity contribution in [3.8, 4) is 5.75 Å². The average Bonchev–Trinajstić information content (AvgIpc) is 3.27. The second-order valence-corrected chi connectivity index (χ2v) is 8.31. The number of carbonyl (C=O) groups is 1. The zero-order valence-electron chi connectivity index (χ0n) is 13.6. The minimum Gasteiger partial charge on any atom is -0.497 e. The van der Waals surface area contributed by atoms with Crippen LogP contribution in [0.3, 0.4) is 0 Å². The van der Waals surface area contributed by atoms with Gasteiger partial charge in [-0.15, -0.1) is 11.3 Å². The van der Waals surface area contributed by atoms with E-state index in [1.807, 2.05) is 24.3 Å². The molecule has 2 heterocycles. The van der Waals surface area contributed by atoms with Crippen molar-refractivity contribution < 1.29 is 9.53 Å². The average molecular weight is 409 g/mol. The molecule has 0 spiro atoms. The first-order valence-electron chi connectivity index (χ1n) is 8.09. The first-order valence-corrected chi connectivity index (χ1v) is 9.70. The predicted octanol–water partition coefficient (Wildman–Crippen LogP) is 4.09. The molecule has 2 aromatic rings. The molecular weight excluding hydrogens is 388 g/mol. The molecule has 0 radical (unpaired) electrons. The smallest absolute Gasteiger partial charge is 0.261 e. The van der Waals surface area contributed by atoms with Gasteiger partial charge >= 0.3 is 0 Å². The van der Waals surface area contributed by atoms with Crippen molar-refractivity contribution in [2.24, 2.45) is 0 Å². The first kappa shape index (κ1) is 17.5. The molecule has 1 atom stereocenters. The Kier molecular flexibility index (Phi) is 5.92. The number of methoxy groups -OCH3 is 1. The third-order valence-corrected chi connectivity index (χ3v) is 5.96. The number of hydrogen-bond donors (Lipinski definition) is 1. The van der Waals surface area contributed by atoms with Crippen LogP contribution in [0.2, 0.25) is 0 Å². The highest BCUT2D eigenvalue weighted by Gasteiger charge is 2.24. The monoisotopic (exact) mass is 408 g/mol. The van der Waals surface area contributed by atoms with Crippen LogP contribution in [-0.2, 0) is 0 Å². The van der Waals surface area contributed by atoms with Crippen molar-refractivity contribution in [2.75, 3.05) is 26.7 Å². The van der Waals surface area contributed by atoms with Crippen LogP contribution in [0.25, 0.3) is 0 Å². The Hall–Kier alpha value is -1.37. The maximum absolute atomic E-state index is 12.3. The minimum atomic E-state index is -0.0107. The topological polar surface area (TPSA) is 41.6 Å². The van der Waals surface area contributed by atoms with Crippen molar-refractivity contribution in [1.29, 1.82) is 0 Å². The van der Waals surface area contributed by atoms with Crippen LogP contribution >= 0.6 is 27.3 Å². The Labute approximate surface area is 154 Å². The van der Waals surface area contributed by atoms with Gasteiger partial charge in [0.2, 0.25) is 0 Å². The molecule has 1 aliphatic rings. The second kappa shape index (κ2) is 8.14. The number of halogens is 1. The summed E-state index contributed by atoms with van der Waals surface area (Å²) in [7, 11) is 1.67. The number of benzene rings is 1. The lowest BCUT2D eigenvalue weighted by molar-refractivity contribution is 0.0942. The predicted molar refractivity (Wildman–Crippen MR) is 101 cm³/mol. The van der Waals surface area contributed by atoms with E-state index >= 15 is 0 Å². The maximum Gasteiger partial charge on any atom is 0.261 e. The van der Waals surface area contributed by atoms with E-state index in [1.54, 1.807) is 7.11 Å². The summed E-state index contributed by atoms with van der Waals surface area (Å²) in [6.07, 6.45) is 2.44. The summed E-state index contributed by atoms with van der Waals surface area (Å²) in [6.45, 7) is 2.77. The van der Waals surface area contributed by atoms with Gasteiger partial charge in [-0.05, 0) is 71.7 Å². The standard InChI is InChI=1S/C18H21BrN2O2S/c1-23-14-6-4-13(5-7-14)15(21-10-2-3-11-21)12-20-18(22)16-8-9-17(19)24-16/h4-9,15H,2-3,10-12H2,1H3,(H,20,22)/t15-/m0/s1. The van der Waals surface area contributed by atoms with E-state index in [4.69, 9.17) is 4.74 Å². The van der Waals surface area contributed by atoms with E-state index in [9.17, 15) is 4.79 Å². The van der Waals surface area contributed by atoms with Gasteiger partial charge in [-0.2, -0.15) is 0 Å². The number of ether oxygens (including phenoxy) is 1. The fourth-order valence-electron chi connectivity index (χ4n) is 3.05. The molecule has 1 saturated heterocycles. The summed E-state index contributed by atoms with van der Waals surface area (Å²) in [6, 6.07) is 12.1. The van der Waals surface area contributed by atoms with Crippen LogP contribution in [0.4, 0.5) is 0 Å². The van der Waals surface area contributed by atoms with E-state index in [1.165, 1.54) is 29.7 Å². The number of nitrogens with zero attached hydrogens (tertiary/aromatic N) is 1. The van der Waals surface area contributed by atoms with E-state index < -0.39 is 0 Å². The van der Waals surface area contributed by atoms with Gasteiger partial charge in [-0.1, -0.05) is 12.1 Å². The molecule has 1 aromatic heterocycles. The zero-order valence-corrected chi connectivity index (χ0v) is 16.0. The largest absolute Gasteiger partial charge is 0.497 e. The Balaban J connectivity index is 1.71. The summed E-state index contributed by atoms with van der Waals surface area (Å²) < 4.78 is 6.22. The van der Waals surface area contributed by atoms with Gasteiger partial charge in [0.05, 0.1) is 21.8 Å². The van der Waals surface area contributed by atoms with Gasteiger partial charge in [0.1, 0.15) is 5.75 Å². The Morgan fingerprint density at radius 2 is 1.96 bits per heavy atom. The third-order valence-electron chi connectivity index (χ3n) is 4.33. The molecule has 1 fully saturated rings. The van der Waals surface area contributed by atoms with Gasteiger partial charge in [-0.3, -0.25) is 9.69 Å². The van der Waals surface area contributed by atoms with Gasteiger partial charge in [-0.25, -0.2) is 0 Å². The fourth-order valence-corrected chi connectivity index (χ4v) is 4.35. The van der Waals surface area contributed by atoms with E-state index in [2.05, 4.69) is 38.3 Å². The summed E-state index contributed by atoms with van der Waals surface area (Å²) in [5.74, 6) is 0.842. The van der Waals surface area contributed by atoms with Crippen LogP contribution in [0.15, 0.2) is 40.2 Å². The van der Waals surface area contributed by atoms with Crippen LogP contribution < -0.4 is 10.1 Å². The van der Waals surface area contributed by atoms with Crippen LogP contribution in [0.1, 0.15) is 34.1 Å². The molecule has 4 nitrogen and oxygen atoms in total. The van der Waals surface area contributed by atoms with E-state index in [0.717, 1.165) is 27.5 Å². The molecule has 1 N–H and O–H groups in total. The van der Waals surface area contributed by atoms with Crippen molar-refractivity contribution in [2.45, 2.75) is 18.9 Å². The van der Waals surface area contributed by atoms with Gasteiger partial charge in [0, 0.05) is 6.54 Å². The molecule has 24 heavy (non-hydrogen) atoms. The summed E-state index contributed by atoms with van der Waals surface area (Å²) in [5, 5.41) is 3.09. The van der Waals surface area contributed by atoms with Crippen LogP contribution in [0.5, 0.6) is 5.75 Å². The number of nitrogens with one attached hydrogen (secondary N) is 1. The first-order chi connectivity index (χ1) is 11.7. The third kappa shape index (κ3) is 4.18. The summed E-state index contributed by atoms with van der Waals surface area (Å²) >= 11 is 4.86. The quantitative estimate of drug-likeness (QED) is 0.782. The van der Waals surface area contributed by atoms with Crippen LogP contribution in [-0.4, -0.2) is 37.6 Å². The molecule has 0 bridgehead atoms. The lowest BCUT2D eigenvalue weighted by Crippen LogP contribution is -2.36. The highest BCUT2D eigenvalue weighted by Crippen LogP contribution is 2.27. The van der Waals surface area contributed by atoms with Crippen molar-refractivity contribution in [3.05, 3.63) is 50.6 Å². The SMILES string of the molecule is COc1ccc([C@H](CNC(=O)c2ccc(Br)s2)N2CCCC2)cc1. The number of thiophene rings is 1. The van der Waals surface area contributed by atoms with Crippen molar-refractivity contribution in [1.82, 2.24) is 10.2 Å². The molecule has 1 aromatic carbocycles. The Morgan fingerprint density at radius 1 is 1.25 bits per heavy atom. The normalized spacial score (nSPS) is 16.1. The molecule has 3 rings (SSSR count). The molecule has 128 valence electrons. The lowest BCUT2D eigenvalue weighted by Gasteiger charge is -2.28. The van der Waals surface area contributed by atoms with Gasteiger partial charge in [0.25, 0.3) is 5.91 Å². The molecule has 0 saturated carbocycles. The van der Waals surface area contributed by atoms with Crippen molar-refractivity contribution in [3.63, 3.8) is 0 Å². The molecular formula is C18H21BrN2O2S. The fraction of sp³-hybridized carbons (Fsp3) is 0.389. The van der Waals surface area contributed by atoms with Crippen LogP contribution in [0, 0.1) is 0 Å². The summed E-state index contributed by atoms with van der Waals surface area (Å²) in [5.41, 5.74) is 1.21. The van der Waals surface area contributed by atoms with E-state index in [-0.39, 0.29) is 11.9 Å². The van der Waals surface area contributed by atoms with Crippen molar-refractivity contribution >= 4 is 33.2 Å². The molecule has 0 unspecified atom stereocenters. The Morgan fingerprint density at radius 3 is 2.54 bits per heavy atom. The second-order valence-electron chi connectivity index (χ2n) is 5.85. The number of likely N-dealkylation sites (tertiary alicyclic amines) is 1. The van der Waals surface area contributed by atoms with Gasteiger partial charge in [0.15, 0.2) is 0 Å². The minimum absolute atomic E-state index is 0.0107. The van der Waals surface area contributed by atoms with E-state index in [0.29, 0.717) is 6.54 Å². The number of hydrogen-bond acceptors (Lipinski definition) is 4. The summed E-state index contributed by atoms with van der Waals surface area (Å²) in [4.78, 5) is 15.5. The highest BCUT2D eigenvalue weighted by atomic mass is 79.9. The maximum atomic E-state index is 12.3.